The Labute approximate surface area is 264 Å². The minimum absolute atomic E-state index is 0.00365. The van der Waals surface area contributed by atoms with Crippen LogP contribution in [0.5, 0.6) is 0 Å². The summed E-state index contributed by atoms with van der Waals surface area (Å²) in [5.74, 6) is 2.44. The van der Waals surface area contributed by atoms with Gasteiger partial charge >= 0.3 is 0 Å². The van der Waals surface area contributed by atoms with Gasteiger partial charge in [0, 0.05) is 22.2 Å². The van der Waals surface area contributed by atoms with E-state index in [9.17, 15) is 0 Å². The van der Waals surface area contributed by atoms with Gasteiger partial charge in [-0.15, -0.1) is 0 Å². The quantitative estimate of drug-likeness (QED) is 0.139. The standard InChI is InChI=1S/C38H76N2O2/c1-13-15-17-19-21-23-29-41-39-35(5,6)27-25-33(37(39,9)10)31(3)32(4)34-26-28-36(7,8)40(38(34,11)12)42-30-24-22-20-18-16-14-2/h31-34H,13-30H2,1-12H3. The van der Waals surface area contributed by atoms with Gasteiger partial charge < -0.3 is 0 Å². The lowest BCUT2D eigenvalue weighted by molar-refractivity contribution is -0.309. The molecule has 4 nitrogen and oxygen atoms in total. The first-order chi connectivity index (χ1) is 19.6. The third-order valence-electron chi connectivity index (χ3n) is 11.6. The molecule has 42 heavy (non-hydrogen) atoms. The lowest BCUT2D eigenvalue weighted by Gasteiger charge is -2.60. The van der Waals surface area contributed by atoms with Crippen LogP contribution in [0.2, 0.25) is 0 Å². The maximum Gasteiger partial charge on any atom is 0.0685 e. The Morgan fingerprint density at radius 3 is 1.17 bits per heavy atom. The second-order valence-corrected chi connectivity index (χ2v) is 16.7. The van der Waals surface area contributed by atoms with E-state index >= 15 is 0 Å². The Bertz CT molecular complexity index is 683. The maximum atomic E-state index is 6.70. The van der Waals surface area contributed by atoms with Crippen LogP contribution in [0.15, 0.2) is 0 Å². The number of hydrogen-bond acceptors (Lipinski definition) is 4. The van der Waals surface area contributed by atoms with Gasteiger partial charge in [0.15, 0.2) is 0 Å². The molecule has 0 N–H and O–H groups in total. The summed E-state index contributed by atoms with van der Waals surface area (Å²) in [4.78, 5) is 13.4. The molecule has 2 aliphatic rings. The van der Waals surface area contributed by atoms with Crippen molar-refractivity contribution in [1.29, 1.82) is 0 Å². The van der Waals surface area contributed by atoms with Gasteiger partial charge in [-0.1, -0.05) is 91.9 Å². The summed E-state index contributed by atoms with van der Waals surface area (Å²) in [6.45, 7) is 30.8. The summed E-state index contributed by atoms with van der Waals surface area (Å²) in [6, 6.07) is 0. The van der Waals surface area contributed by atoms with Crippen LogP contribution in [-0.2, 0) is 9.68 Å². The number of hydrogen-bond donors (Lipinski definition) is 0. The van der Waals surface area contributed by atoms with E-state index in [1.807, 2.05) is 0 Å². The lowest BCUT2D eigenvalue weighted by atomic mass is 9.60. The number of unbranched alkanes of at least 4 members (excludes halogenated alkanes) is 10. The largest absolute Gasteiger partial charge is 0.298 e. The highest BCUT2D eigenvalue weighted by molar-refractivity contribution is 5.04. The summed E-state index contributed by atoms with van der Waals surface area (Å²) >= 11 is 0. The minimum Gasteiger partial charge on any atom is -0.298 e. The Balaban J connectivity index is 2.07. The van der Waals surface area contributed by atoms with Crippen LogP contribution in [-0.4, -0.2) is 45.5 Å². The van der Waals surface area contributed by atoms with Crippen molar-refractivity contribution in [1.82, 2.24) is 10.1 Å². The van der Waals surface area contributed by atoms with Crippen LogP contribution >= 0.6 is 0 Å². The smallest absolute Gasteiger partial charge is 0.0685 e. The Morgan fingerprint density at radius 2 is 0.833 bits per heavy atom. The zero-order chi connectivity index (χ0) is 31.6. The fourth-order valence-corrected chi connectivity index (χ4v) is 9.09. The molecule has 2 heterocycles. The fourth-order valence-electron chi connectivity index (χ4n) is 9.09. The molecule has 0 saturated carbocycles. The van der Waals surface area contributed by atoms with Crippen molar-refractivity contribution in [3.63, 3.8) is 0 Å². The average Bonchev–Trinajstić information content (AvgIpc) is 2.89. The van der Waals surface area contributed by atoms with Crippen molar-refractivity contribution in [3.05, 3.63) is 0 Å². The molecule has 2 saturated heterocycles. The number of piperidine rings is 2. The fraction of sp³-hybridized carbons (Fsp3) is 1.00. The molecule has 250 valence electrons. The van der Waals surface area contributed by atoms with Crippen LogP contribution < -0.4 is 0 Å². The Kier molecular flexibility index (Phi) is 15.3. The van der Waals surface area contributed by atoms with E-state index in [4.69, 9.17) is 9.68 Å². The van der Waals surface area contributed by atoms with Gasteiger partial charge in [0.2, 0.25) is 0 Å². The zero-order valence-electron chi connectivity index (χ0n) is 30.7. The average molecular weight is 593 g/mol. The molecule has 0 aromatic heterocycles. The molecule has 2 rings (SSSR count). The molecular formula is C38H76N2O2. The SMILES string of the molecule is CCCCCCCCON1C(C)(C)CCC(C(C)C(C)C2CCC(C)(C)N(OCCCCCCCC)C2(C)C)C1(C)C. The van der Waals surface area contributed by atoms with Crippen molar-refractivity contribution in [2.45, 2.75) is 208 Å². The summed E-state index contributed by atoms with van der Waals surface area (Å²) in [6.07, 6.45) is 20.6. The zero-order valence-corrected chi connectivity index (χ0v) is 30.7. The van der Waals surface area contributed by atoms with Gasteiger partial charge in [0.25, 0.3) is 0 Å². The third kappa shape index (κ3) is 9.92. The van der Waals surface area contributed by atoms with Crippen molar-refractivity contribution in [2.75, 3.05) is 13.2 Å². The predicted molar refractivity (Wildman–Crippen MR) is 182 cm³/mol. The second kappa shape index (κ2) is 17.0. The molecular weight excluding hydrogens is 516 g/mol. The van der Waals surface area contributed by atoms with Gasteiger partial charge in [-0.2, -0.15) is 10.1 Å². The number of nitrogens with zero attached hydrogens (tertiary/aromatic N) is 2. The van der Waals surface area contributed by atoms with Crippen molar-refractivity contribution in [2.24, 2.45) is 23.7 Å². The Hall–Kier alpha value is -0.160. The predicted octanol–water partition coefficient (Wildman–Crippen LogP) is 11.4. The van der Waals surface area contributed by atoms with E-state index in [-0.39, 0.29) is 22.2 Å². The van der Waals surface area contributed by atoms with Gasteiger partial charge in [0.05, 0.1) is 13.2 Å². The Morgan fingerprint density at radius 1 is 0.524 bits per heavy atom. The van der Waals surface area contributed by atoms with E-state index in [0.717, 1.165) is 13.2 Å². The molecule has 0 radical (unpaired) electrons. The minimum atomic E-state index is 0.00365. The monoisotopic (exact) mass is 593 g/mol. The first-order valence-electron chi connectivity index (χ1n) is 18.5. The van der Waals surface area contributed by atoms with Crippen LogP contribution in [0, 0.1) is 23.7 Å². The van der Waals surface area contributed by atoms with E-state index < -0.39 is 0 Å². The molecule has 0 aliphatic carbocycles. The van der Waals surface area contributed by atoms with Gasteiger partial charge in [0.1, 0.15) is 0 Å². The summed E-state index contributed by atoms with van der Waals surface area (Å²) in [5, 5.41) is 4.88. The van der Waals surface area contributed by atoms with E-state index in [2.05, 4.69) is 93.2 Å². The van der Waals surface area contributed by atoms with E-state index in [0.29, 0.717) is 23.7 Å². The van der Waals surface area contributed by atoms with Gasteiger partial charge in [-0.25, -0.2) is 0 Å². The molecule has 2 fully saturated rings. The highest BCUT2D eigenvalue weighted by Crippen LogP contribution is 2.52. The van der Waals surface area contributed by atoms with Crippen molar-refractivity contribution < 1.29 is 9.68 Å². The first kappa shape index (κ1) is 38.0. The maximum absolute atomic E-state index is 6.70. The lowest BCUT2D eigenvalue weighted by Crippen LogP contribution is -2.65. The highest BCUT2D eigenvalue weighted by atomic mass is 16.7. The molecule has 4 atom stereocenters. The van der Waals surface area contributed by atoms with E-state index in [1.54, 1.807) is 0 Å². The van der Waals surface area contributed by atoms with Gasteiger partial charge in [-0.3, -0.25) is 9.68 Å². The molecule has 0 amide bonds. The first-order valence-corrected chi connectivity index (χ1v) is 18.5. The molecule has 0 bridgehead atoms. The molecule has 0 aromatic carbocycles. The van der Waals surface area contributed by atoms with Gasteiger partial charge in [-0.05, 0) is 118 Å². The number of rotatable bonds is 19. The van der Waals surface area contributed by atoms with Crippen molar-refractivity contribution >= 4 is 0 Å². The third-order valence-corrected chi connectivity index (χ3v) is 11.6. The summed E-state index contributed by atoms with van der Waals surface area (Å²) in [7, 11) is 0. The van der Waals surface area contributed by atoms with Crippen molar-refractivity contribution in [3.8, 4) is 0 Å². The van der Waals surface area contributed by atoms with Crippen LogP contribution in [0.1, 0.15) is 186 Å². The van der Waals surface area contributed by atoms with Crippen LogP contribution in [0.25, 0.3) is 0 Å². The summed E-state index contributed by atoms with van der Waals surface area (Å²) < 4.78 is 0. The molecule has 0 aromatic rings. The summed E-state index contributed by atoms with van der Waals surface area (Å²) in [5.41, 5.74) is 0.147. The van der Waals surface area contributed by atoms with Crippen LogP contribution in [0.4, 0.5) is 0 Å². The highest BCUT2D eigenvalue weighted by Gasteiger charge is 2.54. The topological polar surface area (TPSA) is 24.9 Å². The van der Waals surface area contributed by atoms with E-state index in [1.165, 1.54) is 103 Å². The molecule has 4 unspecified atom stereocenters. The normalized spacial score (nSPS) is 27.1. The van der Waals surface area contributed by atoms with Crippen LogP contribution in [0.3, 0.4) is 0 Å². The molecule has 2 aliphatic heterocycles. The second-order valence-electron chi connectivity index (χ2n) is 16.7. The molecule has 0 spiro atoms. The number of hydroxylamine groups is 4. The molecule has 4 heteroatoms.